The van der Waals surface area contributed by atoms with Gasteiger partial charge in [-0.2, -0.15) is 0 Å². The average molecular weight is 415 g/mol. The minimum absolute atomic E-state index is 0.0571. The first-order valence-corrected chi connectivity index (χ1v) is 9.89. The van der Waals surface area contributed by atoms with Crippen LogP contribution in [0.5, 0.6) is 0 Å². The number of ether oxygens (including phenoxy) is 1. The average Bonchev–Trinajstić information content (AvgIpc) is 3.09. The molecule has 1 atom stereocenters. The summed E-state index contributed by atoms with van der Waals surface area (Å²) in [6, 6.07) is 5.93. The molecule has 0 spiro atoms. The quantitative estimate of drug-likeness (QED) is 0.393. The van der Waals surface area contributed by atoms with E-state index in [0.29, 0.717) is 31.0 Å². The van der Waals surface area contributed by atoms with Crippen molar-refractivity contribution in [3.05, 3.63) is 51.1 Å². The second-order valence-corrected chi connectivity index (χ2v) is 7.30. The molecule has 0 saturated heterocycles. The molecule has 0 aliphatic carbocycles. The van der Waals surface area contributed by atoms with Crippen LogP contribution in [0.3, 0.4) is 0 Å². The summed E-state index contributed by atoms with van der Waals surface area (Å²) in [7, 11) is 0. The number of nitrogens with zero attached hydrogens (tertiary/aromatic N) is 4. The van der Waals surface area contributed by atoms with Crippen LogP contribution in [0.4, 0.5) is 0 Å². The van der Waals surface area contributed by atoms with Gasteiger partial charge in [0.15, 0.2) is 0 Å². The van der Waals surface area contributed by atoms with Crippen LogP contribution in [0.25, 0.3) is 10.9 Å². The maximum Gasteiger partial charge on any atom is 0.327 e. The predicted octanol–water partition coefficient (Wildman–Crippen LogP) is -0.728. The van der Waals surface area contributed by atoms with Crippen LogP contribution in [0.15, 0.2) is 23.0 Å². The van der Waals surface area contributed by atoms with Crippen LogP contribution in [0, 0.1) is 13.8 Å². The van der Waals surface area contributed by atoms with E-state index < -0.39 is 5.97 Å². The monoisotopic (exact) mass is 415 g/mol. The molecule has 0 aliphatic rings. The Hall–Kier alpha value is -3.11. The summed E-state index contributed by atoms with van der Waals surface area (Å²) in [5.41, 5.74) is 3.44. The fourth-order valence-electron chi connectivity index (χ4n) is 3.54. The van der Waals surface area contributed by atoms with Crippen molar-refractivity contribution in [3.8, 4) is 0 Å². The third-order valence-electron chi connectivity index (χ3n) is 4.89. The van der Waals surface area contributed by atoms with E-state index in [4.69, 9.17) is 4.74 Å². The van der Waals surface area contributed by atoms with Crippen molar-refractivity contribution in [1.29, 1.82) is 0 Å². The van der Waals surface area contributed by atoms with Gasteiger partial charge in [0, 0.05) is 10.9 Å². The summed E-state index contributed by atoms with van der Waals surface area (Å²) in [4.78, 5) is 28.3. The third kappa shape index (κ3) is 5.08. The Balaban J connectivity index is 1.83. The number of aliphatic hydroxyl groups is 1. The second-order valence-electron chi connectivity index (χ2n) is 7.30. The van der Waals surface area contributed by atoms with E-state index in [1.165, 1.54) is 4.68 Å². The summed E-state index contributed by atoms with van der Waals surface area (Å²) in [6.45, 7) is 7.00. The molecule has 2 heterocycles. The van der Waals surface area contributed by atoms with Crippen molar-refractivity contribution in [3.63, 3.8) is 0 Å². The fourth-order valence-corrected chi connectivity index (χ4v) is 3.54. The van der Waals surface area contributed by atoms with Crippen LogP contribution >= 0.6 is 0 Å². The Bertz CT molecular complexity index is 1090. The van der Waals surface area contributed by atoms with Gasteiger partial charge in [-0.1, -0.05) is 6.07 Å². The summed E-state index contributed by atoms with van der Waals surface area (Å²) in [5.74, 6) is 0.0574. The Kier molecular flexibility index (Phi) is 6.91. The zero-order valence-electron chi connectivity index (χ0n) is 17.4. The number of H-pyrrole nitrogens is 1. The molecule has 3 N–H and O–H groups in total. The number of aromatic amines is 1. The topological polar surface area (TPSA) is 127 Å². The van der Waals surface area contributed by atoms with E-state index in [9.17, 15) is 14.7 Å². The number of carbonyl (C=O) groups excluding carboxylic acids is 1. The first-order chi connectivity index (χ1) is 14.4. The summed E-state index contributed by atoms with van der Waals surface area (Å²) < 4.78 is 6.33. The van der Waals surface area contributed by atoms with E-state index in [-0.39, 0.29) is 25.3 Å². The van der Waals surface area contributed by atoms with Crippen molar-refractivity contribution in [2.45, 2.75) is 40.4 Å². The lowest BCUT2D eigenvalue weighted by Crippen LogP contribution is -3.10. The number of hydrogen-bond acceptors (Lipinski definition) is 7. The number of aliphatic hydroxyl groups excluding tert-OH is 1. The van der Waals surface area contributed by atoms with Gasteiger partial charge >= 0.3 is 5.97 Å². The van der Waals surface area contributed by atoms with Gasteiger partial charge in [0.2, 0.25) is 5.82 Å². The van der Waals surface area contributed by atoms with Gasteiger partial charge in [-0.05, 0) is 54.5 Å². The summed E-state index contributed by atoms with van der Waals surface area (Å²) >= 11 is 0. The van der Waals surface area contributed by atoms with Crippen molar-refractivity contribution in [2.75, 3.05) is 19.8 Å². The van der Waals surface area contributed by atoms with E-state index in [1.807, 2.05) is 26.0 Å². The Morgan fingerprint density at radius 3 is 2.80 bits per heavy atom. The lowest BCUT2D eigenvalue weighted by Gasteiger charge is -2.18. The second kappa shape index (κ2) is 9.59. The van der Waals surface area contributed by atoms with Gasteiger partial charge in [-0.15, -0.1) is 5.10 Å². The largest absolute Gasteiger partial charge is 0.465 e. The maximum absolute atomic E-state index is 12.6. The summed E-state index contributed by atoms with van der Waals surface area (Å²) in [6.07, 6.45) is 0. The molecule has 160 valence electrons. The highest BCUT2D eigenvalue weighted by atomic mass is 16.5. The number of aryl methyl sites for hydroxylation is 2. The molecule has 2 aromatic heterocycles. The number of benzene rings is 1. The molecule has 0 radical (unpaired) electrons. The van der Waals surface area contributed by atoms with Crippen molar-refractivity contribution >= 4 is 16.9 Å². The number of nitrogens with one attached hydrogen (secondary N) is 2. The van der Waals surface area contributed by atoms with Crippen molar-refractivity contribution in [1.82, 2.24) is 25.2 Å². The highest BCUT2D eigenvalue weighted by Gasteiger charge is 2.19. The zero-order valence-corrected chi connectivity index (χ0v) is 17.4. The Morgan fingerprint density at radius 1 is 1.27 bits per heavy atom. The maximum atomic E-state index is 12.6. The highest BCUT2D eigenvalue weighted by molar-refractivity contribution is 5.83. The smallest absolute Gasteiger partial charge is 0.327 e. The highest BCUT2D eigenvalue weighted by Crippen LogP contribution is 2.18. The number of quaternary nitrogens is 1. The Labute approximate surface area is 173 Å². The number of carbonyl (C=O) groups is 1. The molecule has 10 heteroatoms. The van der Waals surface area contributed by atoms with Crippen LogP contribution in [-0.2, 0) is 29.2 Å². The molecule has 0 fully saturated rings. The van der Waals surface area contributed by atoms with Crippen LogP contribution in [0.2, 0.25) is 0 Å². The SMILES string of the molecule is CCOC(=O)Cn1nnnc1C[NH+](CCO)Cc1cc2c(C)cc(C)cc2[nH]c1=O. The standard InChI is InChI=1S/C20H26N6O4/c1-4-30-19(28)12-26-18(22-23-24-26)11-25(5-6-27)10-15-9-16-14(3)7-13(2)8-17(16)21-20(15)29/h7-9,27H,4-6,10-12H2,1-3H3,(H,21,29)/p+1. The number of aromatic nitrogens is 5. The van der Waals surface area contributed by atoms with Crippen molar-refractivity contribution in [2.24, 2.45) is 0 Å². The molecular weight excluding hydrogens is 388 g/mol. The molecule has 10 nitrogen and oxygen atoms in total. The van der Waals surface area contributed by atoms with E-state index in [0.717, 1.165) is 26.9 Å². The van der Waals surface area contributed by atoms with Crippen molar-refractivity contribution < 1.29 is 19.5 Å². The zero-order chi connectivity index (χ0) is 21.7. The van der Waals surface area contributed by atoms with Crippen LogP contribution in [-0.4, -0.2) is 56.0 Å². The molecule has 0 saturated carbocycles. The van der Waals surface area contributed by atoms with Gasteiger partial charge in [-0.3, -0.25) is 9.59 Å². The molecule has 30 heavy (non-hydrogen) atoms. The number of fused-ring (bicyclic) bond motifs is 1. The molecule has 1 aromatic carbocycles. The molecule has 3 rings (SSSR count). The number of tetrazole rings is 1. The number of pyridine rings is 1. The predicted molar refractivity (Wildman–Crippen MR) is 109 cm³/mol. The number of rotatable bonds is 9. The summed E-state index contributed by atoms with van der Waals surface area (Å²) in [5, 5.41) is 22.0. The van der Waals surface area contributed by atoms with Crippen LogP contribution in [0.1, 0.15) is 29.4 Å². The van der Waals surface area contributed by atoms with E-state index in [2.05, 4.69) is 26.6 Å². The molecule has 1 unspecified atom stereocenters. The molecule has 0 aliphatic heterocycles. The lowest BCUT2D eigenvalue weighted by molar-refractivity contribution is -0.928. The van der Waals surface area contributed by atoms with Gasteiger partial charge in [0.05, 0.1) is 18.8 Å². The fraction of sp³-hybridized carbons (Fsp3) is 0.450. The van der Waals surface area contributed by atoms with Gasteiger partial charge in [0.25, 0.3) is 5.56 Å². The minimum atomic E-state index is -0.425. The number of hydrogen-bond donors (Lipinski definition) is 3. The van der Waals surface area contributed by atoms with Crippen LogP contribution < -0.4 is 10.5 Å². The lowest BCUT2D eigenvalue weighted by atomic mass is 10.0. The molecule has 0 amide bonds. The van der Waals surface area contributed by atoms with E-state index in [1.54, 1.807) is 6.92 Å². The molecule has 0 bridgehead atoms. The molecular formula is C20H27N6O4+. The molecule has 3 aromatic rings. The Morgan fingerprint density at radius 2 is 2.07 bits per heavy atom. The van der Waals surface area contributed by atoms with Gasteiger partial charge in [-0.25, -0.2) is 4.68 Å². The van der Waals surface area contributed by atoms with E-state index >= 15 is 0 Å². The normalized spacial score (nSPS) is 12.3. The van der Waals surface area contributed by atoms with Gasteiger partial charge < -0.3 is 19.7 Å². The number of esters is 1. The first kappa shape index (κ1) is 21.6. The van der Waals surface area contributed by atoms with Gasteiger partial charge in [0.1, 0.15) is 26.2 Å². The third-order valence-corrected chi connectivity index (χ3v) is 4.89. The minimum Gasteiger partial charge on any atom is -0.465 e. The first-order valence-electron chi connectivity index (χ1n) is 9.89.